The first-order chi connectivity index (χ1) is 18.3. The predicted octanol–water partition coefficient (Wildman–Crippen LogP) is 4.36. The van der Waals surface area contributed by atoms with E-state index in [4.69, 9.17) is 9.47 Å². The topological polar surface area (TPSA) is 104 Å². The van der Waals surface area contributed by atoms with Crippen LogP contribution in [0.5, 0.6) is 11.5 Å². The van der Waals surface area contributed by atoms with Crippen molar-refractivity contribution in [1.82, 2.24) is 20.5 Å². The van der Waals surface area contributed by atoms with Crippen LogP contribution in [0.4, 0.5) is 20.3 Å². The first-order valence-electron chi connectivity index (χ1n) is 12.2. The van der Waals surface area contributed by atoms with Gasteiger partial charge in [-0.3, -0.25) is 9.89 Å². The molecule has 2 aromatic heterocycles. The van der Waals surface area contributed by atoms with Crippen LogP contribution in [0, 0.1) is 11.6 Å². The summed E-state index contributed by atoms with van der Waals surface area (Å²) in [5, 5.41) is 13.6. The van der Waals surface area contributed by atoms with Crippen LogP contribution in [-0.4, -0.2) is 60.5 Å². The van der Waals surface area contributed by atoms with Crippen molar-refractivity contribution in [2.45, 2.75) is 25.9 Å². The molecule has 0 spiro atoms. The van der Waals surface area contributed by atoms with Gasteiger partial charge in [-0.25, -0.2) is 13.8 Å². The molecule has 0 saturated carbocycles. The SMILES string of the molecule is COc1cc(OC)c(F)c(-c2ccc3c(NC(=O)c4ccc(N5C[C@@H](C)N[C@@H](C)C5)cc4)n[nH]c3n2)c1F. The number of H-pyrrole nitrogens is 1. The number of methoxy groups -OCH3 is 2. The van der Waals surface area contributed by atoms with Gasteiger partial charge in [0.05, 0.1) is 30.9 Å². The van der Waals surface area contributed by atoms with Crippen LogP contribution >= 0.6 is 0 Å². The molecule has 3 heterocycles. The van der Waals surface area contributed by atoms with Crippen molar-refractivity contribution in [3.8, 4) is 22.8 Å². The van der Waals surface area contributed by atoms with E-state index in [-0.39, 0.29) is 34.6 Å². The van der Waals surface area contributed by atoms with Gasteiger partial charge in [-0.15, -0.1) is 0 Å². The van der Waals surface area contributed by atoms with E-state index in [2.05, 4.69) is 44.6 Å². The number of pyridine rings is 1. The van der Waals surface area contributed by atoms with Crippen molar-refractivity contribution in [2.24, 2.45) is 0 Å². The van der Waals surface area contributed by atoms with Crippen molar-refractivity contribution < 1.29 is 23.0 Å². The number of anilines is 2. The van der Waals surface area contributed by atoms with Gasteiger partial charge in [-0.05, 0) is 50.2 Å². The third kappa shape index (κ3) is 4.72. The Morgan fingerprint density at radius 1 is 1.00 bits per heavy atom. The molecule has 0 radical (unpaired) electrons. The molecule has 1 aliphatic rings. The van der Waals surface area contributed by atoms with Crippen molar-refractivity contribution in [1.29, 1.82) is 0 Å². The quantitative estimate of drug-likeness (QED) is 0.346. The highest BCUT2D eigenvalue weighted by Crippen LogP contribution is 2.37. The maximum Gasteiger partial charge on any atom is 0.256 e. The second-order valence-electron chi connectivity index (χ2n) is 9.32. The zero-order valence-electron chi connectivity index (χ0n) is 21.4. The van der Waals surface area contributed by atoms with Gasteiger partial charge in [0.1, 0.15) is 0 Å². The summed E-state index contributed by atoms with van der Waals surface area (Å²) in [7, 11) is 2.55. The number of hydrogen-bond acceptors (Lipinski definition) is 7. The number of ether oxygens (including phenoxy) is 2. The highest BCUT2D eigenvalue weighted by atomic mass is 19.1. The van der Waals surface area contributed by atoms with Crippen molar-refractivity contribution >= 4 is 28.4 Å². The highest BCUT2D eigenvalue weighted by Gasteiger charge is 2.24. The summed E-state index contributed by atoms with van der Waals surface area (Å²) in [4.78, 5) is 19.5. The molecule has 11 heteroatoms. The van der Waals surface area contributed by atoms with Gasteiger partial charge in [-0.1, -0.05) is 0 Å². The van der Waals surface area contributed by atoms with E-state index in [0.717, 1.165) is 24.8 Å². The summed E-state index contributed by atoms with van der Waals surface area (Å²) < 4.78 is 39.9. The molecule has 1 amide bonds. The Morgan fingerprint density at radius 2 is 1.63 bits per heavy atom. The third-order valence-electron chi connectivity index (χ3n) is 6.54. The number of hydrogen-bond donors (Lipinski definition) is 3. The molecule has 0 unspecified atom stereocenters. The van der Waals surface area contributed by atoms with Crippen molar-refractivity contribution in [2.75, 3.05) is 37.5 Å². The zero-order chi connectivity index (χ0) is 27.0. The van der Waals surface area contributed by atoms with Crippen LogP contribution < -0.4 is 25.0 Å². The number of benzene rings is 2. The van der Waals surface area contributed by atoms with E-state index in [1.807, 2.05) is 12.1 Å². The number of carbonyl (C=O) groups is 1. The van der Waals surface area contributed by atoms with E-state index in [1.54, 1.807) is 18.2 Å². The average Bonchev–Trinajstić information content (AvgIpc) is 3.30. The summed E-state index contributed by atoms with van der Waals surface area (Å²) in [5.74, 6) is -2.25. The van der Waals surface area contributed by atoms with Crippen LogP contribution in [0.2, 0.25) is 0 Å². The molecule has 0 aliphatic carbocycles. The fourth-order valence-corrected chi connectivity index (χ4v) is 4.79. The minimum Gasteiger partial charge on any atom is -0.494 e. The van der Waals surface area contributed by atoms with E-state index in [0.29, 0.717) is 23.0 Å². The minimum absolute atomic E-state index is 0.0124. The number of aromatic nitrogens is 3. The molecule has 38 heavy (non-hydrogen) atoms. The minimum atomic E-state index is -0.904. The van der Waals surface area contributed by atoms with Gasteiger partial charge in [0.25, 0.3) is 5.91 Å². The second-order valence-corrected chi connectivity index (χ2v) is 9.32. The monoisotopic (exact) mass is 522 g/mol. The van der Waals surface area contributed by atoms with Crippen LogP contribution in [-0.2, 0) is 0 Å². The number of aromatic amines is 1. The lowest BCUT2D eigenvalue weighted by atomic mass is 10.1. The molecular formula is C27H28F2N6O3. The maximum atomic E-state index is 14.9. The predicted molar refractivity (Wildman–Crippen MR) is 141 cm³/mol. The molecule has 3 N–H and O–H groups in total. The Balaban J connectivity index is 1.37. The Hall–Kier alpha value is -4.25. The normalized spacial score (nSPS) is 17.5. The standard InChI is InChI=1S/C27H28F2N6O3/c1-14-12-35(13-15(2)30-14)17-7-5-16(6-8-17)27(36)32-26-18-9-10-19(31-25(18)33-34-26)22-23(28)20(37-3)11-21(38-4)24(22)29/h5-11,14-15,30H,12-13H2,1-4H3,(H2,31,32,33,34,36)/t14-,15+. The molecule has 0 bridgehead atoms. The molecule has 1 saturated heterocycles. The number of rotatable bonds is 6. The van der Waals surface area contributed by atoms with Crippen LogP contribution in [0.3, 0.4) is 0 Å². The van der Waals surface area contributed by atoms with E-state index in [9.17, 15) is 13.6 Å². The summed E-state index contributed by atoms with van der Waals surface area (Å²) in [6.07, 6.45) is 0. The highest BCUT2D eigenvalue weighted by molar-refractivity contribution is 6.07. The first-order valence-corrected chi connectivity index (χ1v) is 12.2. The summed E-state index contributed by atoms with van der Waals surface area (Å²) in [6, 6.07) is 12.3. The zero-order valence-corrected chi connectivity index (χ0v) is 21.4. The summed E-state index contributed by atoms with van der Waals surface area (Å²) in [5.41, 5.74) is 1.39. The van der Waals surface area contributed by atoms with Gasteiger partial charge in [-0.2, -0.15) is 5.10 Å². The second kappa shape index (κ2) is 10.3. The average molecular weight is 523 g/mol. The molecule has 1 fully saturated rings. The number of nitrogens with zero attached hydrogens (tertiary/aromatic N) is 3. The van der Waals surface area contributed by atoms with Crippen molar-refractivity contribution in [3.05, 3.63) is 59.7 Å². The Kier molecular flexibility index (Phi) is 6.85. The lowest BCUT2D eigenvalue weighted by molar-refractivity contribution is 0.102. The fraction of sp³-hybridized carbons (Fsp3) is 0.296. The fourth-order valence-electron chi connectivity index (χ4n) is 4.79. The lowest BCUT2D eigenvalue weighted by Gasteiger charge is -2.37. The molecular weight excluding hydrogens is 494 g/mol. The number of fused-ring (bicyclic) bond motifs is 1. The number of piperazine rings is 1. The molecule has 5 rings (SSSR count). The largest absolute Gasteiger partial charge is 0.494 e. The number of amides is 1. The maximum absolute atomic E-state index is 14.9. The first kappa shape index (κ1) is 25.4. The molecule has 2 atom stereocenters. The number of nitrogens with one attached hydrogen (secondary N) is 3. The van der Waals surface area contributed by atoms with E-state index >= 15 is 0 Å². The smallest absolute Gasteiger partial charge is 0.256 e. The lowest BCUT2D eigenvalue weighted by Crippen LogP contribution is -2.54. The third-order valence-corrected chi connectivity index (χ3v) is 6.54. The molecule has 198 valence electrons. The summed E-state index contributed by atoms with van der Waals surface area (Å²) >= 11 is 0. The van der Waals surface area contributed by atoms with E-state index < -0.39 is 17.2 Å². The molecule has 1 aliphatic heterocycles. The van der Waals surface area contributed by atoms with E-state index in [1.165, 1.54) is 20.3 Å². The van der Waals surface area contributed by atoms with Gasteiger partial charge in [0, 0.05) is 42.5 Å². The van der Waals surface area contributed by atoms with Crippen LogP contribution in [0.1, 0.15) is 24.2 Å². The summed E-state index contributed by atoms with van der Waals surface area (Å²) in [6.45, 7) is 6.08. The molecule has 2 aromatic carbocycles. The molecule has 9 nitrogen and oxygen atoms in total. The van der Waals surface area contributed by atoms with Crippen molar-refractivity contribution in [3.63, 3.8) is 0 Å². The van der Waals surface area contributed by atoms with Gasteiger partial charge < -0.3 is 25.0 Å². The van der Waals surface area contributed by atoms with Crippen LogP contribution in [0.25, 0.3) is 22.3 Å². The molecule has 4 aromatic rings. The number of carbonyl (C=O) groups excluding carboxylic acids is 1. The Morgan fingerprint density at radius 3 is 2.24 bits per heavy atom. The van der Waals surface area contributed by atoms with Crippen LogP contribution in [0.15, 0.2) is 42.5 Å². The Labute approximate surface area is 218 Å². The van der Waals surface area contributed by atoms with Gasteiger partial charge in [0.2, 0.25) is 0 Å². The van der Waals surface area contributed by atoms with Gasteiger partial charge >= 0.3 is 0 Å². The van der Waals surface area contributed by atoms with Gasteiger partial charge in [0.15, 0.2) is 34.6 Å². The Bertz CT molecular complexity index is 1450. The number of halogens is 2.